The van der Waals surface area contributed by atoms with E-state index in [0.29, 0.717) is 5.69 Å². The maximum atomic E-state index is 13.4. The Balaban J connectivity index is 1.61. The third-order valence-electron chi connectivity index (χ3n) is 5.44. The molecular weight excluding hydrogens is 523 g/mol. The molecule has 1 N–H and O–H groups in total. The van der Waals surface area contributed by atoms with Gasteiger partial charge in [-0.15, -0.1) is 0 Å². The number of rotatable bonds is 6. The molecule has 31 heavy (non-hydrogen) atoms. The fourth-order valence-electron chi connectivity index (χ4n) is 3.92. The molecule has 0 saturated heterocycles. The summed E-state index contributed by atoms with van der Waals surface area (Å²) >= 11 is 2.17. The van der Waals surface area contributed by atoms with Gasteiger partial charge in [0.2, 0.25) is 5.91 Å². The van der Waals surface area contributed by atoms with Gasteiger partial charge in [-0.2, -0.15) is 0 Å². The number of halogens is 1. The van der Waals surface area contributed by atoms with E-state index in [-0.39, 0.29) is 23.4 Å². The quantitative estimate of drug-likeness (QED) is 0.457. The molecule has 0 heterocycles. The van der Waals surface area contributed by atoms with Crippen molar-refractivity contribution in [1.29, 1.82) is 0 Å². The number of sulfonamides is 1. The number of benzene rings is 3. The molecule has 0 spiro atoms. The summed E-state index contributed by atoms with van der Waals surface area (Å²) < 4.78 is 28.9. The number of nitrogens with zero attached hydrogens (tertiary/aromatic N) is 1. The van der Waals surface area contributed by atoms with Crippen LogP contribution in [0.4, 0.5) is 5.69 Å². The number of nitrogens with one attached hydrogen (secondary N) is 1. The fourth-order valence-corrected chi connectivity index (χ4v) is 5.72. The Hall–Kier alpha value is -2.39. The van der Waals surface area contributed by atoms with Crippen LogP contribution in [0.5, 0.6) is 0 Å². The van der Waals surface area contributed by atoms with E-state index in [9.17, 15) is 13.2 Å². The number of fused-ring (bicyclic) bond motifs is 1. The average Bonchev–Trinajstić information content (AvgIpc) is 2.79. The largest absolute Gasteiger partial charge is 0.348 e. The van der Waals surface area contributed by atoms with Crippen molar-refractivity contribution in [3.8, 4) is 0 Å². The standard InChI is InChI=1S/C24H23IN2O3S/c25-19-13-15-20(16-14-19)27(31(29,30)21-9-2-1-3-10-21)17-24(28)26-23-12-6-8-18-7-4-5-11-22(18)23/h1-5,7,9-11,13-16,23H,6,8,12,17H2,(H,26,28)/t23-/m0/s1. The minimum atomic E-state index is -3.89. The topological polar surface area (TPSA) is 66.5 Å². The zero-order valence-corrected chi connectivity index (χ0v) is 19.8. The van der Waals surface area contributed by atoms with Gasteiger partial charge in [-0.25, -0.2) is 8.42 Å². The molecule has 160 valence electrons. The maximum absolute atomic E-state index is 13.4. The Morgan fingerprint density at radius 3 is 2.39 bits per heavy atom. The molecule has 0 saturated carbocycles. The summed E-state index contributed by atoms with van der Waals surface area (Å²) in [6.45, 7) is -0.281. The number of anilines is 1. The van der Waals surface area contributed by atoms with Gasteiger partial charge in [-0.05, 0) is 89.4 Å². The van der Waals surface area contributed by atoms with Gasteiger partial charge in [0.05, 0.1) is 16.6 Å². The summed E-state index contributed by atoms with van der Waals surface area (Å²) in [6, 6.07) is 23.3. The molecule has 0 bridgehead atoms. The molecular formula is C24H23IN2O3S. The van der Waals surface area contributed by atoms with Crippen LogP contribution in [0.1, 0.15) is 30.0 Å². The summed E-state index contributed by atoms with van der Waals surface area (Å²) in [5.74, 6) is -0.320. The first-order valence-electron chi connectivity index (χ1n) is 10.2. The number of hydrogen-bond donors (Lipinski definition) is 1. The highest BCUT2D eigenvalue weighted by Gasteiger charge is 2.29. The van der Waals surface area contributed by atoms with Gasteiger partial charge < -0.3 is 5.32 Å². The summed E-state index contributed by atoms with van der Waals surface area (Å²) in [5, 5.41) is 3.06. The second-order valence-electron chi connectivity index (χ2n) is 7.51. The van der Waals surface area contributed by atoms with Crippen LogP contribution in [-0.2, 0) is 21.2 Å². The van der Waals surface area contributed by atoms with Crippen LogP contribution in [0.25, 0.3) is 0 Å². The van der Waals surface area contributed by atoms with Crippen molar-refractivity contribution in [3.63, 3.8) is 0 Å². The van der Waals surface area contributed by atoms with Crippen molar-refractivity contribution in [3.05, 3.63) is 93.6 Å². The SMILES string of the molecule is O=C(CN(c1ccc(I)cc1)S(=O)(=O)c1ccccc1)N[C@H]1CCCc2ccccc21. The molecule has 1 aliphatic carbocycles. The first kappa shape index (κ1) is 21.8. The van der Waals surface area contributed by atoms with Gasteiger partial charge >= 0.3 is 0 Å². The highest BCUT2D eigenvalue weighted by molar-refractivity contribution is 14.1. The summed E-state index contributed by atoms with van der Waals surface area (Å²) in [4.78, 5) is 13.2. The number of hydrogen-bond acceptors (Lipinski definition) is 3. The Morgan fingerprint density at radius 1 is 0.968 bits per heavy atom. The smallest absolute Gasteiger partial charge is 0.264 e. The monoisotopic (exact) mass is 546 g/mol. The molecule has 7 heteroatoms. The van der Waals surface area contributed by atoms with Crippen molar-refractivity contribution in [2.24, 2.45) is 0 Å². The lowest BCUT2D eigenvalue weighted by atomic mass is 9.88. The second kappa shape index (κ2) is 9.40. The first-order valence-corrected chi connectivity index (χ1v) is 12.7. The lowest BCUT2D eigenvalue weighted by molar-refractivity contribution is -0.120. The molecule has 0 unspecified atom stereocenters. The van der Waals surface area contributed by atoms with E-state index in [1.807, 2.05) is 30.3 Å². The van der Waals surface area contributed by atoms with Crippen LogP contribution >= 0.6 is 22.6 Å². The molecule has 0 aliphatic heterocycles. The Bertz CT molecular complexity index is 1160. The number of aryl methyl sites for hydroxylation is 1. The van der Waals surface area contributed by atoms with E-state index >= 15 is 0 Å². The van der Waals surface area contributed by atoms with E-state index in [2.05, 4.69) is 34.0 Å². The van der Waals surface area contributed by atoms with Gasteiger partial charge in [0.15, 0.2) is 0 Å². The van der Waals surface area contributed by atoms with Crippen LogP contribution in [0.3, 0.4) is 0 Å². The van der Waals surface area contributed by atoms with E-state index in [0.717, 1.165) is 28.4 Å². The third-order valence-corrected chi connectivity index (χ3v) is 7.94. The van der Waals surface area contributed by atoms with Crippen LogP contribution < -0.4 is 9.62 Å². The molecule has 4 rings (SSSR count). The lowest BCUT2D eigenvalue weighted by Gasteiger charge is -2.28. The number of carbonyl (C=O) groups is 1. The highest BCUT2D eigenvalue weighted by atomic mass is 127. The van der Waals surface area contributed by atoms with Gasteiger partial charge in [0.1, 0.15) is 6.54 Å². The van der Waals surface area contributed by atoms with Gasteiger partial charge in [-0.1, -0.05) is 42.5 Å². The van der Waals surface area contributed by atoms with E-state index < -0.39 is 10.0 Å². The minimum absolute atomic E-state index is 0.101. The second-order valence-corrected chi connectivity index (χ2v) is 10.6. The van der Waals surface area contributed by atoms with Crippen molar-refractivity contribution < 1.29 is 13.2 Å². The van der Waals surface area contributed by atoms with E-state index in [1.54, 1.807) is 42.5 Å². The summed E-state index contributed by atoms with van der Waals surface area (Å²) in [5.41, 5.74) is 2.82. The number of carbonyl (C=O) groups excluding carboxylic acids is 1. The van der Waals surface area contributed by atoms with Crippen LogP contribution in [-0.4, -0.2) is 20.9 Å². The fraction of sp³-hybridized carbons (Fsp3) is 0.208. The molecule has 3 aromatic carbocycles. The van der Waals surface area contributed by atoms with Gasteiger partial charge in [0, 0.05) is 3.57 Å². The summed E-state index contributed by atoms with van der Waals surface area (Å²) in [7, 11) is -3.89. The van der Waals surface area contributed by atoms with E-state index in [4.69, 9.17) is 0 Å². The molecule has 0 fully saturated rings. The number of amides is 1. The van der Waals surface area contributed by atoms with Crippen molar-refractivity contribution in [1.82, 2.24) is 5.32 Å². The maximum Gasteiger partial charge on any atom is 0.264 e. The lowest BCUT2D eigenvalue weighted by Crippen LogP contribution is -2.42. The Morgan fingerprint density at radius 2 is 1.65 bits per heavy atom. The first-order chi connectivity index (χ1) is 14.9. The molecule has 3 aromatic rings. The van der Waals surface area contributed by atoms with Crippen molar-refractivity contribution in [2.75, 3.05) is 10.8 Å². The van der Waals surface area contributed by atoms with Crippen LogP contribution in [0.15, 0.2) is 83.8 Å². The molecule has 0 radical (unpaired) electrons. The molecule has 1 amide bonds. The highest BCUT2D eigenvalue weighted by Crippen LogP contribution is 2.30. The predicted octanol–water partition coefficient (Wildman–Crippen LogP) is 4.68. The zero-order chi connectivity index (χ0) is 21.8. The molecule has 1 atom stereocenters. The molecule has 1 aliphatic rings. The van der Waals surface area contributed by atoms with Gasteiger partial charge in [-0.3, -0.25) is 9.10 Å². The Labute approximate surface area is 196 Å². The van der Waals surface area contributed by atoms with Crippen molar-refractivity contribution >= 4 is 44.2 Å². The van der Waals surface area contributed by atoms with E-state index in [1.165, 1.54) is 9.87 Å². The predicted molar refractivity (Wildman–Crippen MR) is 130 cm³/mol. The third kappa shape index (κ3) is 4.93. The van der Waals surface area contributed by atoms with Gasteiger partial charge in [0.25, 0.3) is 10.0 Å². The summed E-state index contributed by atoms with van der Waals surface area (Å²) in [6.07, 6.45) is 2.84. The van der Waals surface area contributed by atoms with Crippen LogP contribution in [0, 0.1) is 3.57 Å². The van der Waals surface area contributed by atoms with Crippen LogP contribution in [0.2, 0.25) is 0 Å². The average molecular weight is 546 g/mol. The minimum Gasteiger partial charge on any atom is -0.348 e. The normalized spacial score (nSPS) is 15.7. The molecule has 5 nitrogen and oxygen atoms in total. The molecule has 0 aromatic heterocycles. The zero-order valence-electron chi connectivity index (χ0n) is 16.9. The van der Waals surface area contributed by atoms with Crippen molar-refractivity contribution in [2.45, 2.75) is 30.2 Å². The Kier molecular flexibility index (Phi) is 6.62.